The molecule has 41 heavy (non-hydrogen) atoms. The van der Waals surface area contributed by atoms with Gasteiger partial charge in [0.25, 0.3) is 0 Å². The van der Waals surface area contributed by atoms with E-state index < -0.39 is 18.5 Å². The summed E-state index contributed by atoms with van der Waals surface area (Å²) in [6.07, 6.45) is 9.52. The summed E-state index contributed by atoms with van der Waals surface area (Å²) in [6.45, 7) is 27.5. The second-order valence-electron chi connectivity index (χ2n) is 8.77. The first-order chi connectivity index (χ1) is 19.7. The van der Waals surface area contributed by atoms with Crippen molar-refractivity contribution in [3.63, 3.8) is 0 Å². The molecule has 1 fully saturated rings. The van der Waals surface area contributed by atoms with Gasteiger partial charge in [0.2, 0.25) is 0 Å². The van der Waals surface area contributed by atoms with Gasteiger partial charge in [-0.25, -0.2) is 8.78 Å². The van der Waals surface area contributed by atoms with E-state index in [1.165, 1.54) is 12.2 Å². The summed E-state index contributed by atoms with van der Waals surface area (Å²) < 4.78 is 33.2. The molecule has 1 aliphatic rings. The van der Waals surface area contributed by atoms with Crippen molar-refractivity contribution in [3.05, 3.63) is 109 Å². The largest absolute Gasteiger partial charge is 0.492 e. The van der Waals surface area contributed by atoms with Crippen LogP contribution in [0.15, 0.2) is 97.6 Å². The molecule has 1 aromatic rings. The van der Waals surface area contributed by atoms with Crippen molar-refractivity contribution < 1.29 is 13.5 Å². The maximum Gasteiger partial charge on any atom is 0.128 e. The van der Waals surface area contributed by atoms with Gasteiger partial charge < -0.3 is 20.3 Å². The van der Waals surface area contributed by atoms with Crippen LogP contribution in [0.1, 0.15) is 59.6 Å². The highest BCUT2D eigenvalue weighted by Gasteiger charge is 2.16. The summed E-state index contributed by atoms with van der Waals surface area (Å²) in [5.74, 6) is -0.223. The summed E-state index contributed by atoms with van der Waals surface area (Å²) in [5.41, 5.74) is 10.00. The van der Waals surface area contributed by atoms with Gasteiger partial charge in [0.15, 0.2) is 0 Å². The van der Waals surface area contributed by atoms with Gasteiger partial charge in [0.1, 0.15) is 24.9 Å². The monoisotopic (exact) mass is 571 g/mol. The first-order valence-corrected chi connectivity index (χ1v) is 14.5. The molecule has 0 amide bonds. The molecule has 1 aliphatic heterocycles. The number of alkyl halides is 1. The number of likely N-dealkylation sites (N-methyl/N-ethyl adjacent to an activating group) is 1. The average Bonchev–Trinajstić information content (AvgIpc) is 3.00. The molecule has 2 rings (SSSR count). The zero-order valence-electron chi connectivity index (χ0n) is 26.9. The van der Waals surface area contributed by atoms with Gasteiger partial charge in [0.05, 0.1) is 6.04 Å². The summed E-state index contributed by atoms with van der Waals surface area (Å²) in [6, 6.07) is 7.75. The molecular weight excluding hydrogens is 516 g/mol. The Balaban J connectivity index is 0. The summed E-state index contributed by atoms with van der Waals surface area (Å²) in [7, 11) is 2.13. The molecule has 1 heterocycles. The van der Waals surface area contributed by atoms with Crippen LogP contribution in [0.5, 0.6) is 0 Å². The summed E-state index contributed by atoms with van der Waals surface area (Å²) in [4.78, 5) is 4.63. The topological polar surface area (TPSA) is 41.7 Å². The SMILES string of the molecule is C=C/C=C\C(F)=C(/CF)CO/C(=C/C(=C\C)c1ccc(C(=C)N2CCN(C)CC2)cc1)C(C)N.C=CC.CC.CC. The fraction of sp³-hybridized carbons (Fsp3) is 0.429. The number of ether oxygens (including phenoxy) is 1. The molecule has 0 aliphatic carbocycles. The molecule has 0 radical (unpaired) electrons. The molecule has 0 bridgehead atoms. The van der Waals surface area contributed by atoms with Crippen LogP contribution < -0.4 is 5.73 Å². The highest BCUT2D eigenvalue weighted by molar-refractivity contribution is 5.75. The Morgan fingerprint density at radius 2 is 1.54 bits per heavy atom. The van der Waals surface area contributed by atoms with Gasteiger partial charge in [-0.3, -0.25) is 0 Å². The third-order valence-electron chi connectivity index (χ3n) is 5.78. The van der Waals surface area contributed by atoms with Gasteiger partial charge in [-0.2, -0.15) is 0 Å². The van der Waals surface area contributed by atoms with Crippen molar-refractivity contribution in [2.24, 2.45) is 5.73 Å². The van der Waals surface area contributed by atoms with Gasteiger partial charge in [0, 0.05) is 37.4 Å². The summed E-state index contributed by atoms with van der Waals surface area (Å²) >= 11 is 0. The van der Waals surface area contributed by atoms with E-state index in [0.29, 0.717) is 5.76 Å². The molecular formula is C35H55F2N3O. The Bertz CT molecular complexity index is 997. The van der Waals surface area contributed by atoms with Crippen molar-refractivity contribution in [1.82, 2.24) is 9.80 Å². The number of nitrogens with zero attached hydrogens (tertiary/aromatic N) is 2. The fourth-order valence-electron chi connectivity index (χ4n) is 3.52. The number of benzene rings is 1. The lowest BCUT2D eigenvalue weighted by atomic mass is 10.0. The number of nitrogens with two attached hydrogens (primary N) is 1. The van der Waals surface area contributed by atoms with Crippen LogP contribution in [-0.2, 0) is 4.74 Å². The quantitative estimate of drug-likeness (QED) is 0.164. The molecule has 1 saturated heterocycles. The van der Waals surface area contributed by atoms with E-state index in [1.54, 1.807) is 13.0 Å². The van der Waals surface area contributed by atoms with Crippen molar-refractivity contribution in [2.75, 3.05) is 46.5 Å². The zero-order chi connectivity index (χ0) is 31.8. The van der Waals surface area contributed by atoms with Gasteiger partial charge in [-0.05, 0) is 56.7 Å². The highest BCUT2D eigenvalue weighted by Crippen LogP contribution is 2.24. The van der Waals surface area contributed by atoms with Gasteiger partial charge >= 0.3 is 0 Å². The van der Waals surface area contributed by atoms with Crippen molar-refractivity contribution in [2.45, 2.75) is 54.5 Å². The van der Waals surface area contributed by atoms with E-state index in [2.05, 4.69) is 48.7 Å². The van der Waals surface area contributed by atoms with Crippen LogP contribution in [0, 0.1) is 0 Å². The smallest absolute Gasteiger partial charge is 0.128 e. The van der Waals surface area contributed by atoms with Gasteiger partial charge in [-0.15, -0.1) is 6.58 Å². The van der Waals surface area contributed by atoms with E-state index in [1.807, 2.05) is 65.8 Å². The zero-order valence-corrected chi connectivity index (χ0v) is 26.9. The van der Waals surface area contributed by atoms with Crippen LogP contribution in [-0.4, -0.2) is 62.3 Å². The van der Waals surface area contributed by atoms with Crippen molar-refractivity contribution in [1.29, 1.82) is 0 Å². The predicted octanol–water partition coefficient (Wildman–Crippen LogP) is 8.74. The number of hydrogen-bond acceptors (Lipinski definition) is 4. The Morgan fingerprint density at radius 3 is 1.98 bits per heavy atom. The van der Waals surface area contributed by atoms with Crippen LogP contribution >= 0.6 is 0 Å². The molecule has 1 atom stereocenters. The molecule has 0 saturated carbocycles. The van der Waals surface area contributed by atoms with Crippen LogP contribution in [0.4, 0.5) is 8.78 Å². The lowest BCUT2D eigenvalue weighted by molar-refractivity contribution is 0.207. The minimum atomic E-state index is -0.950. The number of halogens is 2. The lowest BCUT2D eigenvalue weighted by Crippen LogP contribution is -2.43. The van der Waals surface area contributed by atoms with E-state index >= 15 is 0 Å². The molecule has 2 N–H and O–H groups in total. The molecule has 230 valence electrons. The van der Waals surface area contributed by atoms with E-state index in [-0.39, 0.29) is 12.2 Å². The Morgan fingerprint density at radius 1 is 1.02 bits per heavy atom. The third kappa shape index (κ3) is 15.4. The third-order valence-corrected chi connectivity index (χ3v) is 5.78. The average molecular weight is 572 g/mol. The maximum absolute atomic E-state index is 14.1. The van der Waals surface area contributed by atoms with E-state index in [4.69, 9.17) is 10.5 Å². The van der Waals surface area contributed by atoms with Crippen LogP contribution in [0.25, 0.3) is 11.3 Å². The number of piperazine rings is 1. The fourth-order valence-corrected chi connectivity index (χ4v) is 3.52. The Kier molecular flexibility index (Phi) is 23.9. The molecule has 1 unspecified atom stereocenters. The number of allylic oxidation sites excluding steroid dienone is 8. The first-order valence-electron chi connectivity index (χ1n) is 14.5. The van der Waals surface area contributed by atoms with Crippen LogP contribution in [0.3, 0.4) is 0 Å². The van der Waals surface area contributed by atoms with E-state index in [9.17, 15) is 8.78 Å². The standard InChI is InChI=1S/C28H37F2N3O.C3H6.2C2H6/c1-6-8-9-27(30)26(19-29)20-34-28(21(3)31)18-23(7-2)25-12-10-24(11-13-25)22(4)33-16-14-32(5)15-17-33;1-3-2;2*1-2/h6-13,18,21H,1,4,14-17,19-20,31H2,2-3,5H3;3H,1H2,2H3;2*1-2H3/b9-8-,23-7+,27-26-,28-18+;;;. The molecule has 0 spiro atoms. The normalized spacial score (nSPS) is 15.1. The first kappa shape index (κ1) is 39.9. The molecule has 4 nitrogen and oxygen atoms in total. The van der Waals surface area contributed by atoms with Crippen molar-refractivity contribution >= 4 is 11.3 Å². The Labute approximate surface area is 250 Å². The molecule has 1 aromatic carbocycles. The predicted molar refractivity (Wildman–Crippen MR) is 178 cm³/mol. The summed E-state index contributed by atoms with van der Waals surface area (Å²) in [5, 5.41) is 0. The van der Waals surface area contributed by atoms with Crippen molar-refractivity contribution in [3.8, 4) is 0 Å². The molecule has 6 heteroatoms. The highest BCUT2D eigenvalue weighted by atomic mass is 19.1. The minimum Gasteiger partial charge on any atom is -0.492 e. The number of rotatable bonds is 11. The second-order valence-corrected chi connectivity index (χ2v) is 8.77. The Hall–Kier alpha value is -3.22. The number of hydrogen-bond donors (Lipinski definition) is 1. The minimum absolute atomic E-state index is 0.0848. The van der Waals surface area contributed by atoms with Gasteiger partial charge in [-0.1, -0.05) is 89.4 Å². The molecule has 0 aromatic heterocycles. The maximum atomic E-state index is 14.1. The van der Waals surface area contributed by atoms with E-state index in [0.717, 1.165) is 54.7 Å². The lowest BCUT2D eigenvalue weighted by Gasteiger charge is -2.35. The second kappa shape index (κ2) is 24.6. The van der Waals surface area contributed by atoms with Crippen LogP contribution in [0.2, 0.25) is 0 Å².